The zero-order valence-electron chi connectivity index (χ0n) is 10.2. The maximum absolute atomic E-state index is 8.57. The van der Waals surface area contributed by atoms with Gasteiger partial charge in [0.15, 0.2) is 0 Å². The third kappa shape index (κ3) is 8.04. The van der Waals surface area contributed by atoms with Crippen LogP contribution in [0.4, 0.5) is 0 Å². The molecule has 0 saturated heterocycles. The molecule has 0 bridgehead atoms. The molecule has 0 aliphatic carbocycles. The number of unbranched alkanes of at least 4 members (excludes halogenated alkanes) is 3. The molecule has 88 valence electrons. The van der Waals surface area contributed by atoms with Crippen molar-refractivity contribution in [2.45, 2.75) is 70.5 Å². The molecule has 0 rings (SSSR count). The monoisotopic (exact) mass is 289 g/mol. The summed E-state index contributed by atoms with van der Waals surface area (Å²) in [7, 11) is 0. The number of nitrogens with zero attached hydrogens (tertiary/aromatic N) is 1. The third-order valence-corrected chi connectivity index (χ3v) is 10.2. The van der Waals surface area contributed by atoms with E-state index in [-0.39, 0.29) is 0 Å². The molecule has 0 aliphatic heterocycles. The lowest BCUT2D eigenvalue weighted by atomic mass is 10.4. The van der Waals surface area contributed by atoms with Gasteiger partial charge in [0.05, 0.1) is 6.07 Å². The number of hydrogen-bond donors (Lipinski definition) is 0. The Balaban J connectivity index is 3.96. The summed E-state index contributed by atoms with van der Waals surface area (Å²) in [5.74, 6) is 0. The minimum absolute atomic E-state index is 0.735. The number of halogens is 1. The highest BCUT2D eigenvalue weighted by Gasteiger charge is 2.27. The molecule has 0 amide bonds. The van der Waals surface area contributed by atoms with E-state index in [1.165, 1.54) is 43.8 Å². The van der Waals surface area contributed by atoms with Crippen LogP contribution in [-0.2, 0) is 0 Å². The molecular formula is C12H24BrNSi. The molecule has 1 nitrogen and oxygen atoms in total. The number of nitriles is 1. The van der Waals surface area contributed by atoms with Gasteiger partial charge in [0.25, 0.3) is 0 Å². The Morgan fingerprint density at radius 2 is 1.47 bits per heavy atom. The fourth-order valence-electron chi connectivity index (χ4n) is 1.85. The molecule has 15 heavy (non-hydrogen) atoms. The lowest BCUT2D eigenvalue weighted by Gasteiger charge is -2.24. The van der Waals surface area contributed by atoms with Crippen LogP contribution in [0.1, 0.15) is 52.4 Å². The first-order chi connectivity index (χ1) is 7.18. The second kappa shape index (κ2) is 9.42. The van der Waals surface area contributed by atoms with Gasteiger partial charge in [0.1, 0.15) is 6.69 Å². The predicted octanol–water partition coefficient (Wildman–Crippen LogP) is 5.23. The van der Waals surface area contributed by atoms with Crippen molar-refractivity contribution in [1.82, 2.24) is 0 Å². The molecule has 0 aromatic heterocycles. The van der Waals surface area contributed by atoms with Crippen LogP contribution in [0.25, 0.3) is 0 Å². The Kier molecular flexibility index (Phi) is 9.53. The largest absolute Gasteiger partial charge is 0.198 e. The Hall–Kier alpha value is 0.187. The molecule has 0 fully saturated rings. The minimum atomic E-state index is -1.17. The average molecular weight is 290 g/mol. The second-order valence-electron chi connectivity index (χ2n) is 4.37. The third-order valence-electron chi connectivity index (χ3n) is 2.87. The van der Waals surface area contributed by atoms with Gasteiger partial charge in [-0.3, -0.25) is 0 Å². The fourth-order valence-corrected chi connectivity index (χ4v) is 7.90. The summed E-state index contributed by atoms with van der Waals surface area (Å²) in [6.07, 6.45) is 7.14. The molecule has 0 radical (unpaired) electrons. The lowest BCUT2D eigenvalue weighted by Crippen LogP contribution is -2.25. The summed E-state index contributed by atoms with van der Waals surface area (Å²) in [5.41, 5.74) is 0. The second-order valence-corrected chi connectivity index (χ2v) is 13.2. The summed E-state index contributed by atoms with van der Waals surface area (Å²) in [5, 5.41) is 8.57. The van der Waals surface area contributed by atoms with Crippen LogP contribution in [0, 0.1) is 11.3 Å². The van der Waals surface area contributed by atoms with E-state index in [4.69, 9.17) is 5.26 Å². The van der Waals surface area contributed by atoms with Crippen molar-refractivity contribution in [2.75, 3.05) is 0 Å². The molecule has 0 heterocycles. The van der Waals surface area contributed by atoms with Crippen molar-refractivity contribution in [1.29, 1.82) is 5.26 Å². The van der Waals surface area contributed by atoms with Gasteiger partial charge in [-0.2, -0.15) is 5.26 Å². The Bertz CT molecular complexity index is 181. The summed E-state index contributed by atoms with van der Waals surface area (Å²) in [6.45, 7) is 3.35. The standard InChI is InChI=1S/C12H24BrNSi/c1-3-5-10-15(13,11-6-4-2)12-8-7-9-14/h3-8,10-12H2,1-2H3. The predicted molar refractivity (Wildman–Crippen MR) is 73.8 cm³/mol. The highest BCUT2D eigenvalue weighted by Crippen LogP contribution is 2.33. The van der Waals surface area contributed by atoms with Gasteiger partial charge in [-0.25, -0.2) is 0 Å². The molecule has 0 N–H and O–H groups in total. The first kappa shape index (κ1) is 15.2. The van der Waals surface area contributed by atoms with Crippen LogP contribution >= 0.6 is 15.3 Å². The molecule has 3 heteroatoms. The Labute approximate surface area is 104 Å². The van der Waals surface area contributed by atoms with Crippen molar-refractivity contribution in [2.24, 2.45) is 0 Å². The molecule has 0 aliphatic rings. The lowest BCUT2D eigenvalue weighted by molar-refractivity contribution is 0.821. The van der Waals surface area contributed by atoms with Gasteiger partial charge in [-0.15, -0.1) is 15.3 Å². The van der Waals surface area contributed by atoms with Gasteiger partial charge in [0, 0.05) is 6.42 Å². The van der Waals surface area contributed by atoms with Gasteiger partial charge in [-0.05, 0) is 24.6 Å². The smallest absolute Gasteiger partial charge is 0.130 e. The zero-order chi connectivity index (χ0) is 11.6. The van der Waals surface area contributed by atoms with Crippen LogP contribution in [0.15, 0.2) is 0 Å². The maximum atomic E-state index is 8.57. The maximum Gasteiger partial charge on any atom is 0.130 e. The van der Waals surface area contributed by atoms with Crippen LogP contribution in [0.3, 0.4) is 0 Å². The number of hydrogen-bond acceptors (Lipinski definition) is 1. The van der Waals surface area contributed by atoms with Crippen molar-refractivity contribution in [3.05, 3.63) is 0 Å². The summed E-state index contributed by atoms with van der Waals surface area (Å²) < 4.78 is 0. The average Bonchev–Trinajstić information content (AvgIpc) is 2.24. The summed E-state index contributed by atoms with van der Waals surface area (Å²) in [4.78, 5) is 0. The van der Waals surface area contributed by atoms with E-state index in [0.29, 0.717) is 0 Å². The summed E-state index contributed by atoms with van der Waals surface area (Å²) in [6, 6.07) is 6.34. The van der Waals surface area contributed by atoms with E-state index in [0.717, 1.165) is 12.8 Å². The zero-order valence-corrected chi connectivity index (χ0v) is 12.8. The van der Waals surface area contributed by atoms with E-state index in [1.807, 2.05) is 0 Å². The van der Waals surface area contributed by atoms with E-state index in [2.05, 4.69) is 35.2 Å². The number of rotatable bonds is 9. The van der Waals surface area contributed by atoms with Crippen LogP contribution in [0.2, 0.25) is 18.1 Å². The van der Waals surface area contributed by atoms with Crippen molar-refractivity contribution in [3.8, 4) is 6.07 Å². The summed E-state index contributed by atoms with van der Waals surface area (Å²) >= 11 is 4.05. The van der Waals surface area contributed by atoms with Crippen molar-refractivity contribution < 1.29 is 0 Å². The molecule has 0 unspecified atom stereocenters. The minimum Gasteiger partial charge on any atom is -0.198 e. The van der Waals surface area contributed by atoms with Gasteiger partial charge in [0.2, 0.25) is 0 Å². The topological polar surface area (TPSA) is 23.8 Å². The molecule has 0 aromatic rings. The molecule has 0 aromatic carbocycles. The van der Waals surface area contributed by atoms with Crippen molar-refractivity contribution >= 4 is 22.0 Å². The fraction of sp³-hybridized carbons (Fsp3) is 0.917. The molecule has 0 spiro atoms. The van der Waals surface area contributed by atoms with Crippen LogP contribution in [-0.4, -0.2) is 6.69 Å². The van der Waals surface area contributed by atoms with Gasteiger partial charge in [-0.1, -0.05) is 39.5 Å². The molecular weight excluding hydrogens is 266 g/mol. The van der Waals surface area contributed by atoms with Gasteiger partial charge < -0.3 is 0 Å². The molecule has 0 saturated carbocycles. The SMILES string of the molecule is CCCC[Si](Br)(CCCC)CCCC#N. The van der Waals surface area contributed by atoms with E-state index in [1.54, 1.807) is 0 Å². The molecule has 0 atom stereocenters. The highest BCUT2D eigenvalue weighted by atomic mass is 79.9. The van der Waals surface area contributed by atoms with E-state index < -0.39 is 6.69 Å². The van der Waals surface area contributed by atoms with Gasteiger partial charge >= 0.3 is 0 Å². The van der Waals surface area contributed by atoms with E-state index >= 15 is 0 Å². The Morgan fingerprint density at radius 1 is 1.00 bits per heavy atom. The Morgan fingerprint density at radius 3 is 1.87 bits per heavy atom. The van der Waals surface area contributed by atoms with E-state index in [9.17, 15) is 0 Å². The first-order valence-corrected chi connectivity index (χ1v) is 11.1. The van der Waals surface area contributed by atoms with Crippen LogP contribution < -0.4 is 0 Å². The highest BCUT2D eigenvalue weighted by molar-refractivity contribution is 9.26. The van der Waals surface area contributed by atoms with Crippen LogP contribution in [0.5, 0.6) is 0 Å². The first-order valence-electron chi connectivity index (χ1n) is 6.24. The quantitative estimate of drug-likeness (QED) is 0.324. The normalized spacial score (nSPS) is 11.3. The van der Waals surface area contributed by atoms with Crippen molar-refractivity contribution in [3.63, 3.8) is 0 Å².